The minimum atomic E-state index is -0.367. The summed E-state index contributed by atoms with van der Waals surface area (Å²) < 4.78 is 7.06. The van der Waals surface area contributed by atoms with Crippen LogP contribution in [-0.2, 0) is 17.7 Å². The predicted molar refractivity (Wildman–Crippen MR) is 88.8 cm³/mol. The minimum Gasteiger partial charge on any atom is -0.462 e. The van der Waals surface area contributed by atoms with E-state index in [2.05, 4.69) is 22.1 Å². The molecule has 4 heterocycles. The summed E-state index contributed by atoms with van der Waals surface area (Å²) in [5, 5.41) is 9.27. The van der Waals surface area contributed by atoms with E-state index < -0.39 is 0 Å². The molecule has 0 fully saturated rings. The maximum absolute atomic E-state index is 12.2. The van der Waals surface area contributed by atoms with Gasteiger partial charge in [0.05, 0.1) is 12.3 Å². The van der Waals surface area contributed by atoms with Crippen LogP contribution >= 0.6 is 11.3 Å². The Morgan fingerprint density at radius 1 is 1.48 bits per heavy atom. The molecular weight excluding hydrogens is 314 g/mol. The SMILES string of the molecule is CCOC(=O)c1sc2c(c1N)c1c(c3nncn32)CN(C)CC1. The largest absolute Gasteiger partial charge is 0.462 e. The van der Waals surface area contributed by atoms with Gasteiger partial charge in [-0.25, -0.2) is 4.79 Å². The number of hydrogen-bond acceptors (Lipinski definition) is 7. The first-order chi connectivity index (χ1) is 11.1. The van der Waals surface area contributed by atoms with Crippen molar-refractivity contribution in [3.8, 4) is 0 Å². The average molecular weight is 331 g/mol. The van der Waals surface area contributed by atoms with Crippen LogP contribution in [0, 0.1) is 0 Å². The number of nitrogen functional groups attached to an aromatic ring is 1. The van der Waals surface area contributed by atoms with Crippen molar-refractivity contribution in [2.75, 3.05) is 25.9 Å². The summed E-state index contributed by atoms with van der Waals surface area (Å²) in [4.78, 5) is 15.8. The first kappa shape index (κ1) is 14.4. The fourth-order valence-corrected chi connectivity index (χ4v) is 4.32. The Morgan fingerprint density at radius 3 is 3.09 bits per heavy atom. The standard InChI is InChI=1S/C15H17N5O2S/c1-3-22-15(21)12-11(16)10-8-4-5-19(2)6-9(8)13-18-17-7-20(13)14(10)23-12/h7H,3-6,16H2,1-2H3. The third-order valence-electron chi connectivity index (χ3n) is 4.26. The fraction of sp³-hybridized carbons (Fsp3) is 0.400. The second-order valence-corrected chi connectivity index (χ2v) is 6.71. The molecule has 3 aromatic rings. The molecule has 120 valence electrons. The van der Waals surface area contributed by atoms with Crippen LogP contribution in [0.2, 0.25) is 0 Å². The quantitative estimate of drug-likeness (QED) is 0.719. The highest BCUT2D eigenvalue weighted by Crippen LogP contribution is 2.40. The van der Waals surface area contributed by atoms with Crippen molar-refractivity contribution in [1.82, 2.24) is 19.5 Å². The number of esters is 1. The smallest absolute Gasteiger partial charge is 0.350 e. The van der Waals surface area contributed by atoms with E-state index in [1.165, 1.54) is 16.9 Å². The second kappa shape index (κ2) is 5.17. The molecule has 0 saturated carbocycles. The van der Waals surface area contributed by atoms with E-state index in [0.29, 0.717) is 17.2 Å². The predicted octanol–water partition coefficient (Wildman–Crippen LogP) is 1.69. The lowest BCUT2D eigenvalue weighted by Gasteiger charge is -2.26. The van der Waals surface area contributed by atoms with Crippen molar-refractivity contribution in [3.63, 3.8) is 0 Å². The molecule has 1 aliphatic heterocycles. The van der Waals surface area contributed by atoms with Crippen LogP contribution in [0.25, 0.3) is 15.9 Å². The Hall–Kier alpha value is -2.19. The third-order valence-corrected chi connectivity index (χ3v) is 5.45. The van der Waals surface area contributed by atoms with Crippen molar-refractivity contribution in [1.29, 1.82) is 0 Å². The molecule has 23 heavy (non-hydrogen) atoms. The maximum atomic E-state index is 12.2. The van der Waals surface area contributed by atoms with Gasteiger partial charge in [-0.1, -0.05) is 0 Å². The lowest BCUT2D eigenvalue weighted by molar-refractivity contribution is 0.0533. The number of anilines is 1. The normalized spacial score (nSPS) is 15.2. The van der Waals surface area contributed by atoms with Gasteiger partial charge in [0.2, 0.25) is 0 Å². The van der Waals surface area contributed by atoms with Gasteiger partial charge in [-0.3, -0.25) is 4.40 Å². The Balaban J connectivity index is 2.07. The second-order valence-electron chi connectivity index (χ2n) is 5.71. The van der Waals surface area contributed by atoms with Gasteiger partial charge in [0.1, 0.15) is 16.0 Å². The van der Waals surface area contributed by atoms with E-state index in [-0.39, 0.29) is 5.97 Å². The molecule has 0 bridgehead atoms. The number of hydrogen-bond donors (Lipinski definition) is 1. The molecule has 0 aromatic carbocycles. The summed E-state index contributed by atoms with van der Waals surface area (Å²) in [5.74, 6) is -0.367. The van der Waals surface area contributed by atoms with Gasteiger partial charge in [-0.15, -0.1) is 21.5 Å². The van der Waals surface area contributed by atoms with Gasteiger partial charge in [-0.2, -0.15) is 0 Å². The van der Waals surface area contributed by atoms with Crippen molar-refractivity contribution in [2.45, 2.75) is 19.9 Å². The van der Waals surface area contributed by atoms with Crippen molar-refractivity contribution in [2.24, 2.45) is 0 Å². The molecule has 1 aliphatic rings. The lowest BCUT2D eigenvalue weighted by Crippen LogP contribution is -2.27. The van der Waals surface area contributed by atoms with Crippen LogP contribution in [0.3, 0.4) is 0 Å². The number of pyridine rings is 1. The summed E-state index contributed by atoms with van der Waals surface area (Å²) in [5.41, 5.74) is 10.0. The number of nitrogens with two attached hydrogens (primary N) is 1. The fourth-order valence-electron chi connectivity index (χ4n) is 3.21. The topological polar surface area (TPSA) is 85.8 Å². The Kier molecular flexibility index (Phi) is 3.24. The third kappa shape index (κ3) is 2.02. The van der Waals surface area contributed by atoms with Gasteiger partial charge < -0.3 is 15.4 Å². The minimum absolute atomic E-state index is 0.331. The lowest BCUT2D eigenvalue weighted by atomic mass is 9.97. The number of thiophene rings is 1. The zero-order valence-electron chi connectivity index (χ0n) is 13.0. The molecule has 0 unspecified atom stereocenters. The highest BCUT2D eigenvalue weighted by atomic mass is 32.1. The maximum Gasteiger partial charge on any atom is 0.350 e. The van der Waals surface area contributed by atoms with Crippen LogP contribution in [0.1, 0.15) is 27.7 Å². The molecule has 0 spiro atoms. The number of ether oxygens (including phenoxy) is 1. The van der Waals surface area contributed by atoms with Crippen LogP contribution < -0.4 is 5.73 Å². The molecule has 4 rings (SSSR count). The number of carbonyl (C=O) groups excluding carboxylic acids is 1. The van der Waals surface area contributed by atoms with Crippen molar-refractivity contribution in [3.05, 3.63) is 22.3 Å². The van der Waals surface area contributed by atoms with Crippen LogP contribution in [-0.4, -0.2) is 45.7 Å². The summed E-state index contributed by atoms with van der Waals surface area (Å²) in [6, 6.07) is 0. The molecule has 8 heteroatoms. The highest BCUT2D eigenvalue weighted by Gasteiger charge is 2.27. The van der Waals surface area contributed by atoms with Gasteiger partial charge in [0.25, 0.3) is 0 Å². The molecule has 3 aromatic heterocycles. The number of rotatable bonds is 2. The Labute approximate surface area is 136 Å². The monoisotopic (exact) mass is 331 g/mol. The first-order valence-corrected chi connectivity index (χ1v) is 8.34. The van der Waals surface area contributed by atoms with E-state index >= 15 is 0 Å². The number of likely N-dealkylation sites (N-methyl/N-ethyl adjacent to an activating group) is 1. The van der Waals surface area contributed by atoms with E-state index in [1.807, 2.05) is 4.40 Å². The van der Waals surface area contributed by atoms with E-state index in [0.717, 1.165) is 40.9 Å². The summed E-state index contributed by atoms with van der Waals surface area (Å²) in [6.07, 6.45) is 2.56. The number of fused-ring (bicyclic) bond motifs is 6. The van der Waals surface area contributed by atoms with E-state index in [4.69, 9.17) is 10.5 Å². The first-order valence-electron chi connectivity index (χ1n) is 7.52. The molecular formula is C15H17N5O2S. The zero-order chi connectivity index (χ0) is 16.1. The number of aromatic nitrogens is 3. The van der Waals surface area contributed by atoms with Crippen molar-refractivity contribution >= 4 is 38.9 Å². The molecule has 2 N–H and O–H groups in total. The summed E-state index contributed by atoms with van der Waals surface area (Å²) >= 11 is 1.35. The molecule has 0 radical (unpaired) electrons. The summed E-state index contributed by atoms with van der Waals surface area (Å²) in [6.45, 7) is 3.88. The molecule has 0 aliphatic carbocycles. The van der Waals surface area contributed by atoms with Gasteiger partial charge >= 0.3 is 5.97 Å². The Bertz CT molecular complexity index is 929. The molecule has 0 amide bonds. The number of nitrogens with zero attached hydrogens (tertiary/aromatic N) is 4. The van der Waals surface area contributed by atoms with Gasteiger partial charge in [-0.05, 0) is 26.0 Å². The van der Waals surface area contributed by atoms with Crippen LogP contribution in [0.4, 0.5) is 5.69 Å². The van der Waals surface area contributed by atoms with Crippen molar-refractivity contribution < 1.29 is 9.53 Å². The van der Waals surface area contributed by atoms with Gasteiger partial charge in [0, 0.05) is 24.0 Å². The summed E-state index contributed by atoms with van der Waals surface area (Å²) in [7, 11) is 2.08. The van der Waals surface area contributed by atoms with E-state index in [9.17, 15) is 4.79 Å². The molecule has 0 saturated heterocycles. The van der Waals surface area contributed by atoms with Crippen LogP contribution in [0.5, 0.6) is 0 Å². The molecule has 0 atom stereocenters. The van der Waals surface area contributed by atoms with Gasteiger partial charge in [0.15, 0.2) is 5.65 Å². The zero-order valence-corrected chi connectivity index (χ0v) is 13.8. The van der Waals surface area contributed by atoms with Crippen LogP contribution in [0.15, 0.2) is 6.33 Å². The molecule has 7 nitrogen and oxygen atoms in total. The van der Waals surface area contributed by atoms with E-state index in [1.54, 1.807) is 13.3 Å². The Morgan fingerprint density at radius 2 is 2.30 bits per heavy atom. The number of carbonyl (C=O) groups is 1. The average Bonchev–Trinajstić information content (AvgIpc) is 3.13. The highest BCUT2D eigenvalue weighted by molar-refractivity contribution is 7.21.